The van der Waals surface area contributed by atoms with Crippen molar-refractivity contribution in [2.45, 2.75) is 27.7 Å². The van der Waals surface area contributed by atoms with Gasteiger partial charge in [0.1, 0.15) is 0 Å². The minimum absolute atomic E-state index is 0.0219. The smallest absolute Gasteiger partial charge is 0.243 e. The number of carbonyl (C=O) groups excluding carboxylic acids is 1. The van der Waals surface area contributed by atoms with Crippen LogP contribution in [0.25, 0.3) is 0 Å². The third kappa shape index (κ3) is 4.36. The highest BCUT2D eigenvalue weighted by atomic mass is 16.1. The van der Waals surface area contributed by atoms with Crippen LogP contribution in [0.2, 0.25) is 0 Å². The quantitative estimate of drug-likeness (QED) is 0.586. The molecule has 0 fully saturated rings. The van der Waals surface area contributed by atoms with E-state index in [2.05, 4.69) is 19.2 Å². The first-order valence-electron chi connectivity index (χ1n) is 3.75. The van der Waals surface area contributed by atoms with Crippen LogP contribution in [-0.4, -0.2) is 12.5 Å². The van der Waals surface area contributed by atoms with Crippen molar-refractivity contribution < 1.29 is 4.79 Å². The SMILES string of the molecule is CC(C)C[N]C(=O)C(C)C. The zero-order valence-electron chi connectivity index (χ0n) is 7.22. The normalized spacial score (nSPS) is 10.6. The first kappa shape index (κ1) is 9.47. The van der Waals surface area contributed by atoms with E-state index in [9.17, 15) is 4.79 Å². The van der Waals surface area contributed by atoms with Gasteiger partial charge in [0.2, 0.25) is 5.91 Å². The molecule has 0 saturated carbocycles. The first-order chi connectivity index (χ1) is 4.54. The molecule has 0 aromatic rings. The third-order valence-electron chi connectivity index (χ3n) is 1.11. The van der Waals surface area contributed by atoms with Gasteiger partial charge >= 0.3 is 0 Å². The van der Waals surface area contributed by atoms with Crippen LogP contribution in [0.1, 0.15) is 27.7 Å². The van der Waals surface area contributed by atoms with E-state index in [0.717, 1.165) is 0 Å². The van der Waals surface area contributed by atoms with Crippen LogP contribution in [0.5, 0.6) is 0 Å². The van der Waals surface area contributed by atoms with E-state index in [1.807, 2.05) is 13.8 Å². The van der Waals surface area contributed by atoms with Gasteiger partial charge in [-0.25, -0.2) is 0 Å². The van der Waals surface area contributed by atoms with Gasteiger partial charge in [0.25, 0.3) is 0 Å². The van der Waals surface area contributed by atoms with Crippen LogP contribution in [0.3, 0.4) is 0 Å². The fraction of sp³-hybridized carbons (Fsp3) is 0.875. The molecule has 0 spiro atoms. The van der Waals surface area contributed by atoms with Crippen molar-refractivity contribution in [3.63, 3.8) is 0 Å². The van der Waals surface area contributed by atoms with E-state index in [1.54, 1.807) is 0 Å². The Labute approximate surface area is 63.0 Å². The van der Waals surface area contributed by atoms with E-state index in [4.69, 9.17) is 0 Å². The molecule has 0 atom stereocenters. The molecule has 0 aromatic heterocycles. The number of nitrogens with zero attached hydrogens (tertiary/aromatic N) is 1. The summed E-state index contributed by atoms with van der Waals surface area (Å²) in [4.78, 5) is 10.9. The van der Waals surface area contributed by atoms with Gasteiger partial charge in [0.15, 0.2) is 0 Å². The molecule has 0 aliphatic carbocycles. The van der Waals surface area contributed by atoms with Crippen molar-refractivity contribution in [1.82, 2.24) is 5.32 Å². The van der Waals surface area contributed by atoms with Crippen LogP contribution in [0.15, 0.2) is 0 Å². The Morgan fingerprint density at radius 1 is 1.30 bits per heavy atom. The molecule has 0 unspecified atom stereocenters. The van der Waals surface area contributed by atoms with Crippen LogP contribution < -0.4 is 5.32 Å². The Kier molecular flexibility index (Phi) is 4.08. The highest BCUT2D eigenvalue weighted by molar-refractivity contribution is 5.77. The van der Waals surface area contributed by atoms with Gasteiger partial charge in [-0.05, 0) is 5.92 Å². The minimum atomic E-state index is 0.0219. The van der Waals surface area contributed by atoms with Gasteiger partial charge in [-0.3, -0.25) is 10.1 Å². The first-order valence-corrected chi connectivity index (χ1v) is 3.75. The number of hydrogen-bond donors (Lipinski definition) is 0. The largest absolute Gasteiger partial charge is 0.273 e. The number of carbonyl (C=O) groups is 1. The lowest BCUT2D eigenvalue weighted by Crippen LogP contribution is -2.24. The van der Waals surface area contributed by atoms with Crippen LogP contribution in [0.4, 0.5) is 0 Å². The molecule has 2 nitrogen and oxygen atoms in total. The molecular weight excluding hydrogens is 126 g/mol. The molecule has 0 heterocycles. The second-order valence-electron chi connectivity index (χ2n) is 3.23. The summed E-state index contributed by atoms with van der Waals surface area (Å²) in [6.07, 6.45) is 0. The molecule has 10 heavy (non-hydrogen) atoms. The molecule has 0 N–H and O–H groups in total. The molecule has 1 amide bonds. The maximum absolute atomic E-state index is 10.9. The topological polar surface area (TPSA) is 31.2 Å². The Morgan fingerprint density at radius 2 is 1.80 bits per heavy atom. The molecule has 0 aromatic carbocycles. The minimum Gasteiger partial charge on any atom is -0.273 e. The van der Waals surface area contributed by atoms with Crippen molar-refractivity contribution in [2.75, 3.05) is 6.54 Å². The number of rotatable bonds is 3. The summed E-state index contributed by atoms with van der Waals surface area (Å²) in [7, 11) is 0. The van der Waals surface area contributed by atoms with Crippen molar-refractivity contribution in [3.8, 4) is 0 Å². The van der Waals surface area contributed by atoms with Crippen molar-refractivity contribution >= 4 is 5.91 Å². The molecule has 0 aliphatic heterocycles. The average Bonchev–Trinajstić information content (AvgIpc) is 1.82. The lowest BCUT2D eigenvalue weighted by atomic mass is 10.2. The summed E-state index contributed by atoms with van der Waals surface area (Å²) in [5.41, 5.74) is 0. The van der Waals surface area contributed by atoms with Gasteiger partial charge < -0.3 is 0 Å². The lowest BCUT2D eigenvalue weighted by Gasteiger charge is -2.05. The average molecular weight is 142 g/mol. The summed E-state index contributed by atoms with van der Waals surface area (Å²) in [5.74, 6) is 0.565. The van der Waals surface area contributed by atoms with Gasteiger partial charge in [0, 0.05) is 12.5 Å². The van der Waals surface area contributed by atoms with E-state index >= 15 is 0 Å². The van der Waals surface area contributed by atoms with Crippen LogP contribution in [-0.2, 0) is 4.79 Å². The maximum Gasteiger partial charge on any atom is 0.243 e. The lowest BCUT2D eigenvalue weighted by molar-refractivity contribution is -0.124. The fourth-order valence-electron chi connectivity index (χ4n) is 0.455. The van der Waals surface area contributed by atoms with Crippen LogP contribution in [0, 0.1) is 11.8 Å². The monoisotopic (exact) mass is 142 g/mol. The molecule has 1 radical (unpaired) electrons. The second kappa shape index (κ2) is 4.31. The highest BCUT2D eigenvalue weighted by Gasteiger charge is 2.07. The zero-order chi connectivity index (χ0) is 8.15. The summed E-state index contributed by atoms with van der Waals surface area (Å²) in [6.45, 7) is 8.50. The van der Waals surface area contributed by atoms with E-state index in [-0.39, 0.29) is 11.8 Å². The summed E-state index contributed by atoms with van der Waals surface area (Å²) >= 11 is 0. The van der Waals surface area contributed by atoms with Gasteiger partial charge in [0.05, 0.1) is 0 Å². The molecule has 0 saturated heterocycles. The molecular formula is C8H16NO. The highest BCUT2D eigenvalue weighted by Crippen LogP contribution is 1.94. The number of amides is 1. The van der Waals surface area contributed by atoms with E-state index < -0.39 is 0 Å². The van der Waals surface area contributed by atoms with Gasteiger partial charge in [-0.15, -0.1) is 0 Å². The molecule has 2 heteroatoms. The Bertz CT molecular complexity index is 108. The second-order valence-corrected chi connectivity index (χ2v) is 3.23. The Hall–Kier alpha value is -0.530. The number of hydrogen-bond acceptors (Lipinski definition) is 1. The predicted molar refractivity (Wildman–Crippen MR) is 41.7 cm³/mol. The molecule has 0 aliphatic rings. The van der Waals surface area contributed by atoms with E-state index in [0.29, 0.717) is 12.5 Å². The Balaban J connectivity index is 3.40. The predicted octanol–water partition coefficient (Wildman–Crippen LogP) is 1.43. The van der Waals surface area contributed by atoms with Gasteiger partial charge in [-0.1, -0.05) is 27.7 Å². The summed E-state index contributed by atoms with van der Waals surface area (Å²) in [5, 5.41) is 3.88. The van der Waals surface area contributed by atoms with Gasteiger partial charge in [-0.2, -0.15) is 0 Å². The van der Waals surface area contributed by atoms with E-state index in [1.165, 1.54) is 0 Å². The Morgan fingerprint density at radius 3 is 2.10 bits per heavy atom. The van der Waals surface area contributed by atoms with Crippen molar-refractivity contribution in [3.05, 3.63) is 0 Å². The fourth-order valence-corrected chi connectivity index (χ4v) is 0.455. The molecule has 0 rings (SSSR count). The summed E-state index contributed by atoms with van der Waals surface area (Å²) in [6, 6.07) is 0. The van der Waals surface area contributed by atoms with Crippen molar-refractivity contribution in [1.29, 1.82) is 0 Å². The third-order valence-corrected chi connectivity index (χ3v) is 1.11. The maximum atomic E-state index is 10.9. The molecule has 0 bridgehead atoms. The zero-order valence-corrected chi connectivity index (χ0v) is 7.22. The summed E-state index contributed by atoms with van der Waals surface area (Å²) < 4.78 is 0. The molecule has 59 valence electrons. The van der Waals surface area contributed by atoms with Crippen molar-refractivity contribution in [2.24, 2.45) is 11.8 Å². The van der Waals surface area contributed by atoms with Crippen LogP contribution >= 0.6 is 0 Å². The standard InChI is InChI=1S/C8H16NO/c1-6(2)5-9-8(10)7(3)4/h6-7H,5H2,1-4H3.